The summed E-state index contributed by atoms with van der Waals surface area (Å²) in [6.07, 6.45) is 3.27. The molecule has 2 atom stereocenters. The van der Waals surface area contributed by atoms with Gasteiger partial charge < -0.3 is 25.3 Å². The van der Waals surface area contributed by atoms with E-state index in [0.29, 0.717) is 46.2 Å². The van der Waals surface area contributed by atoms with Crippen LogP contribution in [0.4, 0.5) is 33.3 Å². The van der Waals surface area contributed by atoms with Crippen LogP contribution in [0.2, 0.25) is 0 Å². The maximum absolute atomic E-state index is 14.9. The number of fused-ring (bicyclic) bond motifs is 2. The third-order valence-corrected chi connectivity index (χ3v) is 6.42. The summed E-state index contributed by atoms with van der Waals surface area (Å²) in [6.45, 7) is 5.49. The van der Waals surface area contributed by atoms with Crippen LogP contribution in [0.25, 0.3) is 11.1 Å². The molecule has 0 aliphatic carbocycles. The van der Waals surface area contributed by atoms with Gasteiger partial charge in [-0.25, -0.2) is 19.2 Å². The first-order chi connectivity index (χ1) is 16.5. The van der Waals surface area contributed by atoms with Gasteiger partial charge >= 0.3 is 5.76 Å². The van der Waals surface area contributed by atoms with Crippen molar-refractivity contribution in [3.05, 3.63) is 58.6 Å². The fourth-order valence-electron chi connectivity index (χ4n) is 4.68. The number of hydrogen-bond donors (Lipinski definition) is 4. The zero-order valence-electron chi connectivity index (χ0n) is 18.4. The maximum atomic E-state index is 14.9. The lowest BCUT2D eigenvalue weighted by molar-refractivity contribution is 0.533. The SMILES string of the molecule is Cc1cnc(Nc2cnc(N3CC4CNCC4C3)c(F)c2)nc1Nc1ccc2oc(=O)[nH]c2c1. The highest BCUT2D eigenvalue weighted by Crippen LogP contribution is 2.32. The molecule has 0 amide bonds. The summed E-state index contributed by atoms with van der Waals surface area (Å²) in [5.41, 5.74) is 3.07. The van der Waals surface area contributed by atoms with Gasteiger partial charge in [-0.1, -0.05) is 0 Å². The van der Waals surface area contributed by atoms with E-state index in [1.165, 1.54) is 6.07 Å². The second-order valence-electron chi connectivity index (χ2n) is 8.81. The molecule has 6 rings (SSSR count). The van der Waals surface area contributed by atoms with Gasteiger partial charge in [0.05, 0.1) is 17.4 Å². The van der Waals surface area contributed by atoms with Gasteiger partial charge in [0.2, 0.25) is 5.95 Å². The predicted molar refractivity (Wildman–Crippen MR) is 126 cm³/mol. The highest BCUT2D eigenvalue weighted by molar-refractivity contribution is 5.78. The molecule has 2 aliphatic heterocycles. The van der Waals surface area contributed by atoms with Crippen molar-refractivity contribution >= 4 is 40.1 Å². The number of nitrogens with one attached hydrogen (secondary N) is 4. The third-order valence-electron chi connectivity index (χ3n) is 6.42. The van der Waals surface area contributed by atoms with Crippen molar-refractivity contribution in [2.75, 3.05) is 41.7 Å². The molecule has 174 valence electrons. The van der Waals surface area contributed by atoms with E-state index >= 15 is 0 Å². The Morgan fingerprint density at radius 2 is 1.91 bits per heavy atom. The quantitative estimate of drug-likeness (QED) is 0.354. The number of aromatic nitrogens is 4. The molecule has 2 unspecified atom stereocenters. The van der Waals surface area contributed by atoms with Gasteiger partial charge in [0.1, 0.15) is 5.82 Å². The van der Waals surface area contributed by atoms with Crippen molar-refractivity contribution < 1.29 is 8.81 Å². The van der Waals surface area contributed by atoms with E-state index in [9.17, 15) is 9.18 Å². The first kappa shape index (κ1) is 20.6. The van der Waals surface area contributed by atoms with Crippen LogP contribution < -0.4 is 26.6 Å². The van der Waals surface area contributed by atoms with Crippen molar-refractivity contribution in [1.29, 1.82) is 0 Å². The van der Waals surface area contributed by atoms with E-state index in [1.807, 2.05) is 11.8 Å². The largest absolute Gasteiger partial charge is 0.417 e. The zero-order valence-corrected chi connectivity index (χ0v) is 18.4. The van der Waals surface area contributed by atoms with Crippen LogP contribution in [-0.2, 0) is 0 Å². The van der Waals surface area contributed by atoms with Crippen LogP contribution in [0.5, 0.6) is 0 Å². The molecule has 2 aliphatic rings. The number of oxazole rings is 1. The Balaban J connectivity index is 1.19. The lowest BCUT2D eigenvalue weighted by Crippen LogP contribution is -2.27. The van der Waals surface area contributed by atoms with Gasteiger partial charge in [-0.15, -0.1) is 0 Å². The molecule has 0 radical (unpaired) electrons. The summed E-state index contributed by atoms with van der Waals surface area (Å²) in [6, 6.07) is 6.67. The fourth-order valence-corrected chi connectivity index (χ4v) is 4.68. The summed E-state index contributed by atoms with van der Waals surface area (Å²) >= 11 is 0. The van der Waals surface area contributed by atoms with Crippen LogP contribution in [0.15, 0.2) is 45.9 Å². The molecule has 2 fully saturated rings. The molecule has 11 heteroatoms. The van der Waals surface area contributed by atoms with Crippen LogP contribution in [-0.4, -0.2) is 46.1 Å². The zero-order chi connectivity index (χ0) is 23.2. The topological polar surface area (TPSA) is 124 Å². The molecule has 4 N–H and O–H groups in total. The maximum Gasteiger partial charge on any atom is 0.417 e. The van der Waals surface area contributed by atoms with Crippen molar-refractivity contribution in [3.8, 4) is 0 Å². The molecule has 2 saturated heterocycles. The number of H-pyrrole nitrogens is 1. The molecule has 0 spiro atoms. The van der Waals surface area contributed by atoms with E-state index < -0.39 is 5.76 Å². The average Bonchev–Trinajstić information content (AvgIpc) is 3.50. The van der Waals surface area contributed by atoms with Crippen LogP contribution in [0, 0.1) is 24.6 Å². The van der Waals surface area contributed by atoms with Gasteiger partial charge in [0.25, 0.3) is 0 Å². The summed E-state index contributed by atoms with van der Waals surface area (Å²) in [5, 5.41) is 9.64. The van der Waals surface area contributed by atoms with E-state index in [2.05, 4.69) is 35.9 Å². The van der Waals surface area contributed by atoms with Crippen molar-refractivity contribution in [2.45, 2.75) is 6.92 Å². The molecule has 34 heavy (non-hydrogen) atoms. The lowest BCUT2D eigenvalue weighted by Gasteiger charge is -2.19. The predicted octanol–water partition coefficient (Wildman–Crippen LogP) is 2.90. The molecule has 4 aromatic rings. The van der Waals surface area contributed by atoms with E-state index in [1.54, 1.807) is 30.6 Å². The second kappa shape index (κ2) is 8.10. The van der Waals surface area contributed by atoms with E-state index in [0.717, 1.165) is 37.4 Å². The molecule has 10 nitrogen and oxygen atoms in total. The smallest absolute Gasteiger partial charge is 0.408 e. The third kappa shape index (κ3) is 3.83. The Kier molecular flexibility index (Phi) is 4.91. The van der Waals surface area contributed by atoms with Crippen LogP contribution >= 0.6 is 0 Å². The summed E-state index contributed by atoms with van der Waals surface area (Å²) < 4.78 is 19.9. The van der Waals surface area contributed by atoms with Crippen molar-refractivity contribution in [1.82, 2.24) is 25.3 Å². The molecular weight excluding hydrogens is 439 g/mol. The molecule has 5 heterocycles. The minimum Gasteiger partial charge on any atom is -0.408 e. The van der Waals surface area contributed by atoms with Gasteiger partial charge in [0.15, 0.2) is 17.2 Å². The Labute approximate surface area is 193 Å². The van der Waals surface area contributed by atoms with E-state index in [-0.39, 0.29) is 5.82 Å². The number of rotatable bonds is 5. The molecule has 1 aromatic carbocycles. The highest BCUT2D eigenvalue weighted by atomic mass is 19.1. The van der Waals surface area contributed by atoms with E-state index in [4.69, 9.17) is 4.42 Å². The van der Waals surface area contributed by atoms with Crippen LogP contribution in [0.1, 0.15) is 5.56 Å². The Morgan fingerprint density at radius 3 is 2.71 bits per heavy atom. The molecule has 3 aromatic heterocycles. The molecular formula is C23H23FN8O2. The standard InChI is InChI=1S/C23H23FN8O2/c1-12-6-27-22(31-20(12)28-15-2-3-19-18(5-15)30-23(33)34-19)29-16-4-17(24)21(26-9-16)32-10-13-7-25-8-14(13)11-32/h2-6,9,13-14,25H,7-8,10-11H2,1H3,(H,30,33)(H2,27,28,29,31). The fraction of sp³-hybridized carbons (Fsp3) is 0.304. The van der Waals surface area contributed by atoms with Gasteiger partial charge in [-0.3, -0.25) is 4.98 Å². The minimum absolute atomic E-state index is 0.307. The summed E-state index contributed by atoms with van der Waals surface area (Å²) in [7, 11) is 0. The van der Waals surface area contributed by atoms with Gasteiger partial charge in [-0.05, 0) is 37.0 Å². The number of aryl methyl sites for hydroxylation is 1. The second-order valence-corrected chi connectivity index (χ2v) is 8.81. The summed E-state index contributed by atoms with van der Waals surface area (Å²) in [4.78, 5) is 29.3. The lowest BCUT2D eigenvalue weighted by atomic mass is 10.0. The highest BCUT2D eigenvalue weighted by Gasteiger charge is 2.37. The Hall–Kier alpha value is -3.99. The number of aromatic amines is 1. The first-order valence-electron chi connectivity index (χ1n) is 11.1. The number of pyridine rings is 1. The molecule has 0 saturated carbocycles. The van der Waals surface area contributed by atoms with Gasteiger partial charge in [-0.2, -0.15) is 4.98 Å². The normalized spacial score (nSPS) is 19.5. The van der Waals surface area contributed by atoms with Crippen molar-refractivity contribution in [3.63, 3.8) is 0 Å². The number of halogens is 1. The Bertz CT molecular complexity index is 1420. The number of nitrogens with zero attached hydrogens (tertiary/aromatic N) is 4. The van der Waals surface area contributed by atoms with Crippen LogP contribution in [0.3, 0.4) is 0 Å². The molecule has 0 bridgehead atoms. The Morgan fingerprint density at radius 1 is 1.09 bits per heavy atom. The number of anilines is 5. The van der Waals surface area contributed by atoms with Crippen molar-refractivity contribution in [2.24, 2.45) is 11.8 Å². The average molecular weight is 462 g/mol. The minimum atomic E-state index is -0.506. The number of benzene rings is 1. The van der Waals surface area contributed by atoms with Gasteiger partial charge in [0, 0.05) is 49.7 Å². The number of hydrogen-bond acceptors (Lipinski definition) is 9. The first-order valence-corrected chi connectivity index (χ1v) is 11.1. The summed E-state index contributed by atoms with van der Waals surface area (Å²) in [5.74, 6) is 1.51. The monoisotopic (exact) mass is 462 g/mol.